The number of aliphatic hydroxyl groups is 1. The summed E-state index contributed by atoms with van der Waals surface area (Å²) in [4.78, 5) is 2.14. The molecule has 0 aromatic carbocycles. The highest BCUT2D eigenvalue weighted by Crippen LogP contribution is 2.21. The second-order valence-electron chi connectivity index (χ2n) is 3.98. The van der Waals surface area contributed by atoms with E-state index in [1.54, 1.807) is 11.3 Å². The molecule has 1 heterocycles. The molecule has 2 nitrogen and oxygen atoms in total. The number of nitrogens with zero attached hydrogens (tertiary/aromatic N) is 1. The number of allylic oxidation sites excluding steroid dienone is 1. The Kier molecular flexibility index (Phi) is 6.28. The van der Waals surface area contributed by atoms with Gasteiger partial charge in [0.25, 0.3) is 0 Å². The van der Waals surface area contributed by atoms with E-state index in [4.69, 9.17) is 0 Å². The van der Waals surface area contributed by atoms with E-state index in [-0.39, 0.29) is 6.10 Å². The van der Waals surface area contributed by atoms with Crippen molar-refractivity contribution >= 4 is 27.3 Å². The van der Waals surface area contributed by atoms with Gasteiger partial charge in [-0.05, 0) is 52.8 Å². The predicted molar refractivity (Wildman–Crippen MR) is 73.8 cm³/mol. The van der Waals surface area contributed by atoms with Crippen LogP contribution in [0.4, 0.5) is 0 Å². The van der Waals surface area contributed by atoms with Gasteiger partial charge in [-0.3, -0.25) is 4.90 Å². The Bertz CT molecular complexity index is 327. The molecule has 0 saturated heterocycles. The molecular formula is C12H18BrNOS. The zero-order valence-corrected chi connectivity index (χ0v) is 11.9. The Morgan fingerprint density at radius 3 is 3.00 bits per heavy atom. The summed E-state index contributed by atoms with van der Waals surface area (Å²) >= 11 is 5.14. The van der Waals surface area contributed by atoms with Crippen LogP contribution in [0.5, 0.6) is 0 Å². The van der Waals surface area contributed by atoms with Crippen molar-refractivity contribution in [3.63, 3.8) is 0 Å². The fraction of sp³-hybridized carbons (Fsp3) is 0.500. The molecule has 0 saturated carbocycles. The van der Waals surface area contributed by atoms with Gasteiger partial charge in [0.1, 0.15) is 0 Å². The van der Waals surface area contributed by atoms with Gasteiger partial charge in [0.2, 0.25) is 0 Å². The summed E-state index contributed by atoms with van der Waals surface area (Å²) in [7, 11) is 2.03. The maximum atomic E-state index is 9.74. The molecule has 0 aliphatic heterocycles. The molecule has 1 aromatic heterocycles. The van der Waals surface area contributed by atoms with Gasteiger partial charge in [0, 0.05) is 13.1 Å². The van der Waals surface area contributed by atoms with Crippen molar-refractivity contribution in [2.75, 3.05) is 13.6 Å². The van der Waals surface area contributed by atoms with Gasteiger partial charge in [0.15, 0.2) is 0 Å². The van der Waals surface area contributed by atoms with Crippen molar-refractivity contribution < 1.29 is 5.11 Å². The number of hydrogen-bond donors (Lipinski definition) is 1. The fourth-order valence-electron chi connectivity index (χ4n) is 1.57. The third-order valence-electron chi connectivity index (χ3n) is 2.30. The highest BCUT2D eigenvalue weighted by Gasteiger charge is 2.08. The first kappa shape index (κ1) is 13.9. The quantitative estimate of drug-likeness (QED) is 0.782. The van der Waals surface area contributed by atoms with Crippen molar-refractivity contribution in [3.8, 4) is 0 Å². The monoisotopic (exact) mass is 303 g/mol. The zero-order valence-electron chi connectivity index (χ0n) is 9.53. The Labute approximate surface area is 110 Å². The molecule has 1 rings (SSSR count). The third kappa shape index (κ3) is 5.25. The number of hydrogen-bond acceptors (Lipinski definition) is 3. The van der Waals surface area contributed by atoms with Crippen LogP contribution in [0, 0.1) is 0 Å². The first-order chi connectivity index (χ1) is 7.61. The molecule has 0 bridgehead atoms. The standard InChI is InChI=1S/C12H18BrNOS/c1-3-4-5-11(15)8-14(2)7-10-6-12(13)16-9-10/h3,6,9,11,15H,1,4-5,7-8H2,2H3. The second-order valence-corrected chi connectivity index (χ2v) is 6.27. The molecule has 0 amide bonds. The van der Waals surface area contributed by atoms with E-state index in [0.29, 0.717) is 6.54 Å². The molecule has 4 heteroatoms. The summed E-state index contributed by atoms with van der Waals surface area (Å²) in [5.74, 6) is 0. The van der Waals surface area contributed by atoms with Crippen LogP contribution in [0.25, 0.3) is 0 Å². The molecule has 90 valence electrons. The number of thiophene rings is 1. The van der Waals surface area contributed by atoms with Crippen LogP contribution in [0.2, 0.25) is 0 Å². The van der Waals surface area contributed by atoms with E-state index in [1.807, 2.05) is 13.1 Å². The van der Waals surface area contributed by atoms with Gasteiger partial charge in [0.05, 0.1) is 9.89 Å². The summed E-state index contributed by atoms with van der Waals surface area (Å²) in [6.45, 7) is 5.25. The van der Waals surface area contributed by atoms with Crippen LogP contribution >= 0.6 is 27.3 Å². The topological polar surface area (TPSA) is 23.5 Å². The van der Waals surface area contributed by atoms with E-state index < -0.39 is 0 Å². The molecule has 0 fully saturated rings. The molecule has 0 aliphatic rings. The van der Waals surface area contributed by atoms with E-state index in [2.05, 4.69) is 38.9 Å². The lowest BCUT2D eigenvalue weighted by atomic mass is 10.2. The van der Waals surface area contributed by atoms with Gasteiger partial charge in [-0.25, -0.2) is 0 Å². The normalized spacial score (nSPS) is 13.0. The lowest BCUT2D eigenvalue weighted by Gasteiger charge is -2.19. The van der Waals surface area contributed by atoms with Crippen LogP contribution in [-0.2, 0) is 6.54 Å². The minimum Gasteiger partial charge on any atom is -0.392 e. The minimum atomic E-state index is -0.259. The third-order valence-corrected chi connectivity index (χ3v) is 3.85. The molecular weight excluding hydrogens is 286 g/mol. The molecule has 1 aromatic rings. The van der Waals surface area contributed by atoms with Crippen LogP contribution in [-0.4, -0.2) is 29.7 Å². The number of aliphatic hydroxyl groups excluding tert-OH is 1. The lowest BCUT2D eigenvalue weighted by molar-refractivity contribution is 0.116. The van der Waals surface area contributed by atoms with E-state index in [9.17, 15) is 5.11 Å². The van der Waals surface area contributed by atoms with Gasteiger partial charge in [-0.1, -0.05) is 6.08 Å². The second kappa shape index (κ2) is 7.22. The minimum absolute atomic E-state index is 0.259. The molecule has 1 unspecified atom stereocenters. The fourth-order valence-corrected chi connectivity index (χ4v) is 2.77. The molecule has 0 aliphatic carbocycles. The first-order valence-electron chi connectivity index (χ1n) is 5.32. The van der Waals surface area contributed by atoms with Crippen molar-refractivity contribution in [2.24, 2.45) is 0 Å². The van der Waals surface area contributed by atoms with Crippen LogP contribution < -0.4 is 0 Å². The summed E-state index contributed by atoms with van der Waals surface area (Å²) in [6.07, 6.45) is 3.25. The van der Waals surface area contributed by atoms with E-state index in [1.165, 1.54) is 5.56 Å². The summed E-state index contributed by atoms with van der Waals surface area (Å²) in [5, 5.41) is 11.9. The van der Waals surface area contributed by atoms with Crippen molar-refractivity contribution in [2.45, 2.75) is 25.5 Å². The Morgan fingerprint density at radius 1 is 1.69 bits per heavy atom. The zero-order chi connectivity index (χ0) is 12.0. The summed E-state index contributed by atoms with van der Waals surface area (Å²) in [6, 6.07) is 2.12. The molecule has 0 radical (unpaired) electrons. The van der Waals surface area contributed by atoms with Crippen molar-refractivity contribution in [1.82, 2.24) is 4.90 Å². The van der Waals surface area contributed by atoms with E-state index in [0.717, 1.165) is 23.2 Å². The van der Waals surface area contributed by atoms with Gasteiger partial charge < -0.3 is 5.11 Å². The average molecular weight is 304 g/mol. The smallest absolute Gasteiger partial charge is 0.0701 e. The van der Waals surface area contributed by atoms with E-state index >= 15 is 0 Å². The van der Waals surface area contributed by atoms with Crippen LogP contribution in [0.3, 0.4) is 0 Å². The maximum absolute atomic E-state index is 9.74. The van der Waals surface area contributed by atoms with Crippen LogP contribution in [0.15, 0.2) is 27.9 Å². The molecule has 16 heavy (non-hydrogen) atoms. The Morgan fingerprint density at radius 2 is 2.44 bits per heavy atom. The molecule has 1 atom stereocenters. The maximum Gasteiger partial charge on any atom is 0.0701 e. The molecule has 1 N–H and O–H groups in total. The highest BCUT2D eigenvalue weighted by molar-refractivity contribution is 9.11. The first-order valence-corrected chi connectivity index (χ1v) is 6.99. The molecule has 0 spiro atoms. The van der Waals surface area contributed by atoms with Crippen LogP contribution in [0.1, 0.15) is 18.4 Å². The van der Waals surface area contributed by atoms with Gasteiger partial charge in [-0.2, -0.15) is 0 Å². The largest absolute Gasteiger partial charge is 0.392 e. The average Bonchev–Trinajstić information content (AvgIpc) is 2.60. The highest BCUT2D eigenvalue weighted by atomic mass is 79.9. The Balaban J connectivity index is 2.29. The lowest BCUT2D eigenvalue weighted by Crippen LogP contribution is -2.28. The number of likely N-dealkylation sites (N-methyl/N-ethyl adjacent to an activating group) is 1. The predicted octanol–water partition coefficient (Wildman–Crippen LogP) is 3.27. The summed E-state index contributed by atoms with van der Waals surface area (Å²) in [5.41, 5.74) is 1.29. The number of halogens is 1. The van der Waals surface area contributed by atoms with Gasteiger partial charge >= 0.3 is 0 Å². The van der Waals surface area contributed by atoms with Crippen molar-refractivity contribution in [1.29, 1.82) is 0 Å². The Hall–Kier alpha value is -0.160. The summed E-state index contributed by atoms with van der Waals surface area (Å²) < 4.78 is 1.16. The SMILES string of the molecule is C=CCCC(O)CN(C)Cc1csc(Br)c1. The number of rotatable bonds is 7. The van der Waals surface area contributed by atoms with Crippen molar-refractivity contribution in [3.05, 3.63) is 33.5 Å². The van der Waals surface area contributed by atoms with Gasteiger partial charge in [-0.15, -0.1) is 17.9 Å².